The fraction of sp³-hybridized carbons (Fsp3) is 0.250. The molecule has 6 heteroatoms. The Bertz CT molecular complexity index is 1060. The van der Waals surface area contributed by atoms with Crippen LogP contribution in [0.25, 0.3) is 22.5 Å². The summed E-state index contributed by atoms with van der Waals surface area (Å²) in [5, 5.41) is 4.10. The highest BCUT2D eigenvalue weighted by molar-refractivity contribution is 5.77. The van der Waals surface area contributed by atoms with E-state index in [0.717, 1.165) is 23.1 Å². The van der Waals surface area contributed by atoms with Crippen molar-refractivity contribution in [3.8, 4) is 17.2 Å². The zero-order valence-electron chi connectivity index (χ0n) is 15.1. The van der Waals surface area contributed by atoms with Crippen molar-refractivity contribution in [2.75, 3.05) is 7.11 Å². The fourth-order valence-corrected chi connectivity index (χ4v) is 3.00. The molecule has 6 nitrogen and oxygen atoms in total. The second-order valence-electron chi connectivity index (χ2n) is 6.33. The first-order valence-electron chi connectivity index (χ1n) is 8.54. The topological polar surface area (TPSA) is 66.0 Å². The summed E-state index contributed by atoms with van der Waals surface area (Å²) in [6, 6.07) is 11.9. The molecule has 0 aliphatic heterocycles. The highest BCUT2D eigenvalue weighted by Crippen LogP contribution is 2.28. The molecule has 0 bridgehead atoms. The Morgan fingerprint density at radius 3 is 2.77 bits per heavy atom. The number of hydrogen-bond acceptors (Lipinski definition) is 5. The van der Waals surface area contributed by atoms with Gasteiger partial charge in [-0.25, -0.2) is 4.98 Å². The predicted octanol–water partition coefficient (Wildman–Crippen LogP) is 3.95. The summed E-state index contributed by atoms with van der Waals surface area (Å²) in [7, 11) is 1.63. The van der Waals surface area contributed by atoms with E-state index in [-0.39, 0.29) is 0 Å². The van der Waals surface area contributed by atoms with Gasteiger partial charge in [0.05, 0.1) is 30.0 Å². The Labute approximate surface area is 151 Å². The Morgan fingerprint density at radius 2 is 1.92 bits per heavy atom. The SMILES string of the molecule is COc1ccccc1-c1nc(CCn2cnc3cc(C)c(C)cc32)no1. The monoisotopic (exact) mass is 348 g/mol. The largest absolute Gasteiger partial charge is 0.496 e. The first-order chi connectivity index (χ1) is 12.7. The predicted molar refractivity (Wildman–Crippen MR) is 99.2 cm³/mol. The van der Waals surface area contributed by atoms with Crippen LogP contribution in [0.1, 0.15) is 17.0 Å². The molecule has 2 heterocycles. The van der Waals surface area contributed by atoms with Crippen molar-refractivity contribution in [3.05, 3.63) is 59.7 Å². The molecule has 132 valence electrons. The Kier molecular flexibility index (Phi) is 4.16. The van der Waals surface area contributed by atoms with E-state index in [2.05, 4.69) is 45.7 Å². The van der Waals surface area contributed by atoms with E-state index >= 15 is 0 Å². The van der Waals surface area contributed by atoms with Gasteiger partial charge in [0.15, 0.2) is 5.82 Å². The molecular weight excluding hydrogens is 328 g/mol. The number of benzene rings is 2. The van der Waals surface area contributed by atoms with Crippen LogP contribution in [-0.4, -0.2) is 26.8 Å². The van der Waals surface area contributed by atoms with Gasteiger partial charge in [-0.2, -0.15) is 4.98 Å². The average molecular weight is 348 g/mol. The molecule has 0 spiro atoms. The smallest absolute Gasteiger partial charge is 0.261 e. The molecular formula is C20H20N4O2. The maximum atomic E-state index is 5.42. The number of fused-ring (bicyclic) bond motifs is 1. The number of methoxy groups -OCH3 is 1. The second-order valence-corrected chi connectivity index (χ2v) is 6.33. The van der Waals surface area contributed by atoms with E-state index in [4.69, 9.17) is 9.26 Å². The van der Waals surface area contributed by atoms with Crippen LogP contribution in [-0.2, 0) is 13.0 Å². The molecule has 0 unspecified atom stereocenters. The van der Waals surface area contributed by atoms with Crippen LogP contribution in [0.15, 0.2) is 47.2 Å². The van der Waals surface area contributed by atoms with Crippen LogP contribution >= 0.6 is 0 Å². The third-order valence-electron chi connectivity index (χ3n) is 4.62. The first kappa shape index (κ1) is 16.3. The number of ether oxygens (including phenoxy) is 1. The molecule has 0 saturated carbocycles. The molecule has 26 heavy (non-hydrogen) atoms. The summed E-state index contributed by atoms with van der Waals surface area (Å²) >= 11 is 0. The molecule has 0 fully saturated rings. The Hall–Kier alpha value is -3.15. The molecule has 2 aromatic heterocycles. The third kappa shape index (κ3) is 2.94. The number of para-hydroxylation sites is 1. The van der Waals surface area contributed by atoms with Crippen molar-refractivity contribution in [2.45, 2.75) is 26.8 Å². The summed E-state index contributed by atoms with van der Waals surface area (Å²) in [4.78, 5) is 9.00. The minimum Gasteiger partial charge on any atom is -0.496 e. The lowest BCUT2D eigenvalue weighted by Crippen LogP contribution is -2.01. The van der Waals surface area contributed by atoms with Gasteiger partial charge in [0.1, 0.15) is 5.75 Å². The van der Waals surface area contributed by atoms with Gasteiger partial charge in [-0.15, -0.1) is 0 Å². The molecule has 0 aliphatic carbocycles. The standard InChI is InChI=1S/C20H20N4O2/c1-13-10-16-17(11-14(13)2)24(12-21-16)9-8-19-22-20(26-23-19)15-6-4-5-7-18(15)25-3/h4-7,10-12H,8-9H2,1-3H3. The molecule has 0 N–H and O–H groups in total. The molecule has 4 rings (SSSR count). The molecule has 0 saturated heterocycles. The van der Waals surface area contributed by atoms with Gasteiger partial charge in [0.25, 0.3) is 5.89 Å². The van der Waals surface area contributed by atoms with Crippen LogP contribution in [0, 0.1) is 13.8 Å². The highest BCUT2D eigenvalue weighted by Gasteiger charge is 2.13. The minimum atomic E-state index is 0.472. The summed E-state index contributed by atoms with van der Waals surface area (Å²) in [6.45, 7) is 4.96. The van der Waals surface area contributed by atoms with E-state index in [1.807, 2.05) is 30.6 Å². The van der Waals surface area contributed by atoms with Crippen LogP contribution in [0.3, 0.4) is 0 Å². The van der Waals surface area contributed by atoms with E-state index in [1.165, 1.54) is 11.1 Å². The van der Waals surface area contributed by atoms with Crippen LogP contribution in [0.2, 0.25) is 0 Å². The number of rotatable bonds is 5. The van der Waals surface area contributed by atoms with Gasteiger partial charge in [-0.05, 0) is 49.2 Å². The van der Waals surface area contributed by atoms with Crippen molar-refractivity contribution in [3.63, 3.8) is 0 Å². The molecule has 0 atom stereocenters. The first-order valence-corrected chi connectivity index (χ1v) is 8.54. The van der Waals surface area contributed by atoms with Crippen molar-refractivity contribution >= 4 is 11.0 Å². The number of nitrogens with zero attached hydrogens (tertiary/aromatic N) is 4. The van der Waals surface area contributed by atoms with E-state index < -0.39 is 0 Å². The molecule has 0 aliphatic rings. The lowest BCUT2D eigenvalue weighted by atomic mass is 10.1. The number of aryl methyl sites for hydroxylation is 4. The maximum Gasteiger partial charge on any atom is 0.261 e. The van der Waals surface area contributed by atoms with Crippen LogP contribution in [0.4, 0.5) is 0 Å². The quantitative estimate of drug-likeness (QED) is 0.546. The minimum absolute atomic E-state index is 0.472. The van der Waals surface area contributed by atoms with Crippen molar-refractivity contribution in [2.24, 2.45) is 0 Å². The van der Waals surface area contributed by atoms with E-state index in [9.17, 15) is 0 Å². The Balaban J connectivity index is 1.55. The van der Waals surface area contributed by atoms with E-state index in [0.29, 0.717) is 23.9 Å². The zero-order valence-corrected chi connectivity index (χ0v) is 15.1. The summed E-state index contributed by atoms with van der Waals surface area (Å²) in [6.07, 6.45) is 2.53. The van der Waals surface area contributed by atoms with Crippen molar-refractivity contribution < 1.29 is 9.26 Å². The van der Waals surface area contributed by atoms with Gasteiger partial charge in [0.2, 0.25) is 0 Å². The van der Waals surface area contributed by atoms with Crippen LogP contribution < -0.4 is 4.74 Å². The molecule has 0 amide bonds. The maximum absolute atomic E-state index is 5.42. The van der Waals surface area contributed by atoms with Gasteiger partial charge in [-0.1, -0.05) is 17.3 Å². The van der Waals surface area contributed by atoms with Gasteiger partial charge < -0.3 is 13.8 Å². The summed E-state index contributed by atoms with van der Waals surface area (Å²) in [5.74, 6) is 1.85. The molecule has 0 radical (unpaired) electrons. The van der Waals surface area contributed by atoms with Gasteiger partial charge in [-0.3, -0.25) is 0 Å². The zero-order chi connectivity index (χ0) is 18.1. The number of hydrogen-bond donors (Lipinski definition) is 0. The third-order valence-corrected chi connectivity index (χ3v) is 4.62. The Morgan fingerprint density at radius 1 is 1.12 bits per heavy atom. The molecule has 2 aromatic carbocycles. The number of aromatic nitrogens is 4. The van der Waals surface area contributed by atoms with Crippen molar-refractivity contribution in [1.29, 1.82) is 0 Å². The number of imidazole rings is 1. The van der Waals surface area contributed by atoms with Crippen LogP contribution in [0.5, 0.6) is 5.75 Å². The van der Waals surface area contributed by atoms with Gasteiger partial charge in [0, 0.05) is 13.0 Å². The lowest BCUT2D eigenvalue weighted by molar-refractivity contribution is 0.402. The summed E-state index contributed by atoms with van der Waals surface area (Å²) < 4.78 is 12.9. The normalized spacial score (nSPS) is 11.2. The fourth-order valence-electron chi connectivity index (χ4n) is 3.00. The summed E-state index contributed by atoms with van der Waals surface area (Å²) in [5.41, 5.74) is 5.45. The highest BCUT2D eigenvalue weighted by atomic mass is 16.5. The lowest BCUT2D eigenvalue weighted by Gasteiger charge is -2.04. The van der Waals surface area contributed by atoms with Gasteiger partial charge >= 0.3 is 0 Å². The van der Waals surface area contributed by atoms with Crippen molar-refractivity contribution in [1.82, 2.24) is 19.7 Å². The molecule has 4 aromatic rings. The van der Waals surface area contributed by atoms with E-state index in [1.54, 1.807) is 7.11 Å². The average Bonchev–Trinajstić information content (AvgIpc) is 3.27. The second kappa shape index (κ2) is 6.63.